The maximum atomic E-state index is 13.9. The van der Waals surface area contributed by atoms with Crippen LogP contribution in [0.4, 0.5) is 10.2 Å². The van der Waals surface area contributed by atoms with Crippen molar-refractivity contribution < 1.29 is 14.0 Å². The fraction of sp³-hybridized carbons (Fsp3) is 0.258. The smallest absolute Gasteiger partial charge is 0.240 e. The van der Waals surface area contributed by atoms with Crippen LogP contribution in [-0.2, 0) is 9.59 Å². The van der Waals surface area contributed by atoms with E-state index in [4.69, 9.17) is 5.10 Å². The van der Waals surface area contributed by atoms with E-state index in [-0.39, 0.29) is 35.2 Å². The first-order chi connectivity index (χ1) is 19.0. The lowest BCUT2D eigenvalue weighted by atomic mass is 9.97. The summed E-state index contributed by atoms with van der Waals surface area (Å²) in [7, 11) is 0. The number of nitrogens with one attached hydrogen (secondary N) is 1. The quantitative estimate of drug-likeness (QED) is 0.274. The predicted octanol–water partition coefficient (Wildman–Crippen LogP) is 6.07. The zero-order chi connectivity index (χ0) is 27.4. The molecule has 0 fully saturated rings. The summed E-state index contributed by atoms with van der Waals surface area (Å²) in [5.74, 6) is -0.0274. The molecule has 1 N–H and O–H groups in total. The molecule has 0 bridgehead atoms. The van der Waals surface area contributed by atoms with Crippen LogP contribution >= 0.6 is 11.8 Å². The molecule has 3 aromatic carbocycles. The van der Waals surface area contributed by atoms with E-state index in [1.165, 1.54) is 23.9 Å². The van der Waals surface area contributed by atoms with Crippen molar-refractivity contribution in [1.82, 2.24) is 15.1 Å². The first-order valence-corrected chi connectivity index (χ1v) is 14.2. The number of rotatable bonds is 8. The van der Waals surface area contributed by atoms with Crippen LogP contribution in [0.15, 0.2) is 78.9 Å². The molecule has 1 aliphatic heterocycles. The van der Waals surface area contributed by atoms with E-state index in [1.54, 1.807) is 21.7 Å². The van der Waals surface area contributed by atoms with Crippen LogP contribution < -0.4 is 10.2 Å². The van der Waals surface area contributed by atoms with Crippen molar-refractivity contribution >= 4 is 29.4 Å². The van der Waals surface area contributed by atoms with E-state index >= 15 is 0 Å². The van der Waals surface area contributed by atoms with Gasteiger partial charge in [-0.25, -0.2) is 9.07 Å². The molecule has 0 spiro atoms. The van der Waals surface area contributed by atoms with Gasteiger partial charge in [0, 0.05) is 17.7 Å². The van der Waals surface area contributed by atoms with Gasteiger partial charge in [-0.1, -0.05) is 67.9 Å². The van der Waals surface area contributed by atoms with Gasteiger partial charge >= 0.3 is 0 Å². The Morgan fingerprint density at radius 1 is 1.05 bits per heavy atom. The summed E-state index contributed by atoms with van der Waals surface area (Å²) >= 11 is 1.54. The maximum absolute atomic E-state index is 13.9. The van der Waals surface area contributed by atoms with Crippen molar-refractivity contribution in [3.8, 4) is 16.9 Å². The molecule has 0 saturated heterocycles. The molecule has 0 saturated carbocycles. The summed E-state index contributed by atoms with van der Waals surface area (Å²) in [5, 5.41) is 7.77. The van der Waals surface area contributed by atoms with Crippen LogP contribution in [0.1, 0.15) is 41.7 Å². The summed E-state index contributed by atoms with van der Waals surface area (Å²) in [4.78, 5) is 28.3. The summed E-state index contributed by atoms with van der Waals surface area (Å²) in [6, 6.07) is 24.0. The van der Waals surface area contributed by atoms with Crippen molar-refractivity contribution in [1.29, 1.82) is 0 Å². The van der Waals surface area contributed by atoms with E-state index in [2.05, 4.69) is 31.3 Å². The number of thioether (sulfide) groups is 1. The molecule has 200 valence electrons. The molecular formula is C31H31FN4O2S. The Hall–Kier alpha value is -3.91. The molecule has 2 heterocycles. The van der Waals surface area contributed by atoms with Crippen LogP contribution in [0, 0.1) is 12.7 Å². The standard InChI is InChI=1S/C31H31FN4O2S/c1-3-4-18-33-26(37)19-35-27(38)20-39-30(25-13-9-8-10-21(25)2)28-29(22-11-6-5-7-12-22)34-36(31(28)35)24-16-14-23(32)15-17-24/h5-17,30H,3-4,18-20H2,1-2H3,(H,33,37). The first kappa shape index (κ1) is 26.7. The van der Waals surface area contributed by atoms with Gasteiger partial charge in [-0.2, -0.15) is 5.10 Å². The Labute approximate surface area is 232 Å². The molecule has 0 radical (unpaired) electrons. The minimum atomic E-state index is -0.364. The van der Waals surface area contributed by atoms with E-state index in [1.807, 2.05) is 42.5 Å². The second kappa shape index (κ2) is 11.9. The van der Waals surface area contributed by atoms with Gasteiger partial charge in [0.05, 0.1) is 22.4 Å². The average molecular weight is 543 g/mol. The molecule has 1 aromatic heterocycles. The second-order valence-electron chi connectivity index (χ2n) is 9.57. The fourth-order valence-electron chi connectivity index (χ4n) is 4.82. The highest BCUT2D eigenvalue weighted by Crippen LogP contribution is 2.49. The predicted molar refractivity (Wildman–Crippen MR) is 155 cm³/mol. The lowest BCUT2D eigenvalue weighted by Gasteiger charge is -2.23. The SMILES string of the molecule is CCCCNC(=O)CN1C(=O)CSC(c2ccccc2C)c2c(-c3ccccc3)nn(-c3ccc(F)cc3)c21. The number of carbonyl (C=O) groups is 2. The first-order valence-electron chi connectivity index (χ1n) is 13.2. The van der Waals surface area contributed by atoms with Crippen molar-refractivity contribution in [2.45, 2.75) is 31.9 Å². The third-order valence-electron chi connectivity index (χ3n) is 6.83. The lowest BCUT2D eigenvalue weighted by molar-refractivity contribution is -0.122. The largest absolute Gasteiger partial charge is 0.355 e. The Balaban J connectivity index is 1.76. The number of hydrogen-bond acceptors (Lipinski definition) is 4. The van der Waals surface area contributed by atoms with Gasteiger partial charge in [0.2, 0.25) is 11.8 Å². The van der Waals surface area contributed by atoms with Crippen molar-refractivity contribution in [2.24, 2.45) is 0 Å². The topological polar surface area (TPSA) is 67.2 Å². The van der Waals surface area contributed by atoms with Crippen LogP contribution in [0.2, 0.25) is 0 Å². The zero-order valence-corrected chi connectivity index (χ0v) is 22.9. The number of benzene rings is 3. The van der Waals surface area contributed by atoms with Crippen LogP contribution in [0.5, 0.6) is 0 Å². The molecule has 2 amide bonds. The summed E-state index contributed by atoms with van der Waals surface area (Å²) in [6.45, 7) is 4.55. The Morgan fingerprint density at radius 3 is 2.49 bits per heavy atom. The Bertz CT molecular complexity index is 1470. The molecule has 1 atom stereocenters. The van der Waals surface area contributed by atoms with Crippen molar-refractivity contribution in [3.05, 3.63) is 101 Å². The molecule has 39 heavy (non-hydrogen) atoms. The highest BCUT2D eigenvalue weighted by molar-refractivity contribution is 8.00. The number of carbonyl (C=O) groups excluding carboxylic acids is 2. The summed E-state index contributed by atoms with van der Waals surface area (Å²) in [5.41, 5.74) is 5.28. The molecular weight excluding hydrogens is 511 g/mol. The molecule has 5 rings (SSSR count). The van der Waals surface area contributed by atoms with Gasteiger partial charge in [0.25, 0.3) is 0 Å². The number of nitrogens with zero attached hydrogens (tertiary/aromatic N) is 3. The monoisotopic (exact) mass is 542 g/mol. The van der Waals surface area contributed by atoms with Gasteiger partial charge in [-0.05, 0) is 48.7 Å². The van der Waals surface area contributed by atoms with Crippen molar-refractivity contribution in [3.63, 3.8) is 0 Å². The number of aromatic nitrogens is 2. The third-order valence-corrected chi connectivity index (χ3v) is 8.07. The Kier molecular flexibility index (Phi) is 8.12. The molecule has 4 aromatic rings. The zero-order valence-electron chi connectivity index (χ0n) is 22.1. The normalized spacial score (nSPS) is 15.1. The van der Waals surface area contributed by atoms with Crippen LogP contribution in [0.25, 0.3) is 16.9 Å². The maximum Gasteiger partial charge on any atom is 0.240 e. The minimum Gasteiger partial charge on any atom is -0.355 e. The number of anilines is 1. The second-order valence-corrected chi connectivity index (χ2v) is 10.7. The van der Waals surface area contributed by atoms with Gasteiger partial charge in [-0.15, -0.1) is 11.8 Å². The number of amides is 2. The molecule has 8 heteroatoms. The van der Waals surface area contributed by atoms with Gasteiger partial charge in [0.1, 0.15) is 18.2 Å². The number of fused-ring (bicyclic) bond motifs is 1. The molecule has 1 aliphatic rings. The molecule has 0 aliphatic carbocycles. The number of aryl methyl sites for hydroxylation is 1. The summed E-state index contributed by atoms with van der Waals surface area (Å²) < 4.78 is 15.6. The van der Waals surface area contributed by atoms with Crippen LogP contribution in [0.3, 0.4) is 0 Å². The van der Waals surface area contributed by atoms with Gasteiger partial charge in [-0.3, -0.25) is 14.5 Å². The minimum absolute atomic E-state index is 0.127. The number of hydrogen-bond donors (Lipinski definition) is 1. The Morgan fingerprint density at radius 2 is 1.77 bits per heavy atom. The van der Waals surface area contributed by atoms with Crippen molar-refractivity contribution in [2.75, 3.05) is 23.7 Å². The number of halogens is 1. The molecule has 1 unspecified atom stereocenters. The third kappa shape index (κ3) is 5.61. The molecule has 6 nitrogen and oxygen atoms in total. The van der Waals surface area contributed by atoms with E-state index in [9.17, 15) is 14.0 Å². The van der Waals surface area contributed by atoms with Gasteiger partial charge < -0.3 is 5.32 Å². The van der Waals surface area contributed by atoms with E-state index < -0.39 is 0 Å². The number of unbranched alkanes of at least 4 members (excludes halogenated alkanes) is 1. The highest BCUT2D eigenvalue weighted by Gasteiger charge is 2.38. The highest BCUT2D eigenvalue weighted by atomic mass is 32.2. The van der Waals surface area contributed by atoms with E-state index in [0.717, 1.165) is 40.8 Å². The van der Waals surface area contributed by atoms with E-state index in [0.29, 0.717) is 18.1 Å². The van der Waals surface area contributed by atoms with Gasteiger partial charge in [0.15, 0.2) is 0 Å². The lowest BCUT2D eigenvalue weighted by Crippen LogP contribution is -2.42. The fourth-order valence-corrected chi connectivity index (χ4v) is 6.11. The summed E-state index contributed by atoms with van der Waals surface area (Å²) in [6.07, 6.45) is 1.82. The van der Waals surface area contributed by atoms with Crippen LogP contribution in [-0.4, -0.2) is 40.4 Å². The average Bonchev–Trinajstić information content (AvgIpc) is 3.27.